The molecule has 2 aromatic heterocycles. The Kier molecular flexibility index (Phi) is 4.85. The summed E-state index contributed by atoms with van der Waals surface area (Å²) in [5, 5.41) is 6.22. The second kappa shape index (κ2) is 7.22. The summed E-state index contributed by atoms with van der Waals surface area (Å²) in [5.41, 5.74) is 3.38. The Bertz CT molecular complexity index is 1020. The number of hydrogen-bond donors (Lipinski definition) is 2. The van der Waals surface area contributed by atoms with E-state index in [-0.39, 0.29) is 5.92 Å². The quantitative estimate of drug-likeness (QED) is 0.714. The first-order chi connectivity index (χ1) is 13.7. The summed E-state index contributed by atoms with van der Waals surface area (Å²) in [5.74, 6) is -0.00953. The Morgan fingerprint density at radius 3 is 2.76 bits per heavy atom. The molecule has 0 fully saturated rings. The number of anilines is 2. The lowest BCUT2D eigenvalue weighted by atomic mass is 9.88. The van der Waals surface area contributed by atoms with Gasteiger partial charge in [0.15, 0.2) is 0 Å². The van der Waals surface area contributed by atoms with Crippen LogP contribution >= 0.6 is 12.2 Å². The number of nitrogens with zero attached hydrogens (tertiary/aromatic N) is 3. The van der Waals surface area contributed by atoms with Crippen LogP contribution in [0.3, 0.4) is 0 Å². The summed E-state index contributed by atoms with van der Waals surface area (Å²) < 4.78 is 39.5. The Labute approximate surface area is 171 Å². The van der Waals surface area contributed by atoms with Crippen LogP contribution in [0, 0.1) is 13.8 Å². The van der Waals surface area contributed by atoms with Crippen molar-refractivity contribution in [2.75, 3.05) is 5.32 Å². The van der Waals surface area contributed by atoms with Gasteiger partial charge < -0.3 is 10.6 Å². The van der Waals surface area contributed by atoms with E-state index in [0.717, 1.165) is 28.6 Å². The lowest BCUT2D eigenvalue weighted by Gasteiger charge is -2.26. The highest BCUT2D eigenvalue weighted by Gasteiger charge is 2.38. The summed E-state index contributed by atoms with van der Waals surface area (Å²) in [7, 11) is 0. The van der Waals surface area contributed by atoms with Crippen molar-refractivity contribution in [3.05, 3.63) is 64.8 Å². The molecule has 0 spiro atoms. The molecule has 2 unspecified atom stereocenters. The number of allylic oxidation sites excluding steroid dienone is 2. The van der Waals surface area contributed by atoms with Crippen LogP contribution in [0.25, 0.3) is 0 Å². The highest BCUT2D eigenvalue weighted by atomic mass is 32.1. The average molecular weight is 417 g/mol. The fourth-order valence-corrected chi connectivity index (χ4v) is 3.86. The normalized spacial score (nSPS) is 20.9. The number of alkyl halides is 3. The van der Waals surface area contributed by atoms with Crippen LogP contribution in [0.5, 0.6) is 0 Å². The summed E-state index contributed by atoms with van der Waals surface area (Å²) in [6, 6.07) is 1.26. The van der Waals surface area contributed by atoms with E-state index in [1.54, 1.807) is 12.4 Å². The maximum Gasteiger partial charge on any atom is 0.416 e. The molecule has 1 aliphatic carbocycles. The third kappa shape index (κ3) is 3.87. The molecule has 0 radical (unpaired) electrons. The molecule has 4 rings (SSSR count). The van der Waals surface area contributed by atoms with Crippen LogP contribution in [0.4, 0.5) is 24.8 Å². The number of pyridine rings is 1. The van der Waals surface area contributed by atoms with E-state index in [1.807, 2.05) is 19.9 Å². The van der Waals surface area contributed by atoms with Crippen LogP contribution in [0.15, 0.2) is 42.3 Å². The van der Waals surface area contributed by atoms with Gasteiger partial charge in [-0.1, -0.05) is 24.4 Å². The molecule has 0 saturated carbocycles. The first-order valence-electron chi connectivity index (χ1n) is 9.04. The predicted molar refractivity (Wildman–Crippen MR) is 108 cm³/mol. The van der Waals surface area contributed by atoms with E-state index < -0.39 is 17.8 Å². The maximum absolute atomic E-state index is 13.2. The van der Waals surface area contributed by atoms with Crippen molar-refractivity contribution in [3.8, 4) is 0 Å². The summed E-state index contributed by atoms with van der Waals surface area (Å²) in [6.45, 7) is 3.83. The number of nitrogens with one attached hydrogen (secondary N) is 2. The number of rotatable bonds is 2. The predicted octanol–water partition coefficient (Wildman–Crippen LogP) is 4.22. The van der Waals surface area contributed by atoms with Gasteiger partial charge in [-0.15, -0.1) is 0 Å². The van der Waals surface area contributed by atoms with Gasteiger partial charge in [-0.2, -0.15) is 13.2 Å². The highest BCUT2D eigenvalue weighted by molar-refractivity contribution is 7.80. The summed E-state index contributed by atoms with van der Waals surface area (Å²) >= 11 is 5.32. The molecular formula is C20H18F3N5S. The van der Waals surface area contributed by atoms with Gasteiger partial charge in [-0.05, 0) is 37.1 Å². The molecule has 1 aliphatic heterocycles. The third-order valence-corrected chi connectivity index (χ3v) is 5.30. The SMILES string of the molecule is Cc1ccnc(C)c1Nc1ncc2c(n1)C1C=CC(C(F)(F)F)=CC1NC(=S)C2. The van der Waals surface area contributed by atoms with Crippen molar-refractivity contribution in [2.45, 2.75) is 38.4 Å². The minimum absolute atomic E-state index is 0.369. The molecule has 2 aromatic rings. The second-order valence-electron chi connectivity index (χ2n) is 7.09. The minimum atomic E-state index is -4.41. The average Bonchev–Trinajstić information content (AvgIpc) is 2.78. The van der Waals surface area contributed by atoms with Gasteiger partial charge in [0.05, 0.1) is 33.7 Å². The van der Waals surface area contributed by atoms with Crippen molar-refractivity contribution < 1.29 is 13.2 Å². The van der Waals surface area contributed by atoms with E-state index in [0.29, 0.717) is 23.1 Å². The number of hydrogen-bond acceptors (Lipinski definition) is 5. The molecule has 0 aromatic carbocycles. The molecule has 5 nitrogen and oxygen atoms in total. The van der Waals surface area contributed by atoms with Crippen molar-refractivity contribution in [1.82, 2.24) is 20.3 Å². The Hall–Kier alpha value is -2.81. The van der Waals surface area contributed by atoms with Crippen LogP contribution < -0.4 is 10.6 Å². The molecule has 0 bridgehead atoms. The lowest BCUT2D eigenvalue weighted by molar-refractivity contribution is -0.0888. The topological polar surface area (TPSA) is 62.7 Å². The molecule has 3 heterocycles. The number of thiocarbonyl (C=S) groups is 1. The highest BCUT2D eigenvalue weighted by Crippen LogP contribution is 2.36. The number of aryl methyl sites for hydroxylation is 2. The molecule has 2 aliphatic rings. The molecule has 2 N–H and O–H groups in total. The number of fused-ring (bicyclic) bond motifs is 3. The first kappa shape index (κ1) is 19.5. The Morgan fingerprint density at radius 2 is 2.03 bits per heavy atom. The van der Waals surface area contributed by atoms with E-state index in [1.165, 1.54) is 12.2 Å². The monoisotopic (exact) mass is 417 g/mol. The van der Waals surface area contributed by atoms with Crippen molar-refractivity contribution in [1.29, 1.82) is 0 Å². The first-order valence-corrected chi connectivity index (χ1v) is 9.45. The number of halogens is 3. The molecule has 0 amide bonds. The molecule has 9 heteroatoms. The largest absolute Gasteiger partial charge is 0.416 e. The van der Waals surface area contributed by atoms with E-state index in [9.17, 15) is 13.2 Å². The van der Waals surface area contributed by atoms with Crippen molar-refractivity contribution in [2.24, 2.45) is 0 Å². The van der Waals surface area contributed by atoms with E-state index >= 15 is 0 Å². The van der Waals surface area contributed by atoms with Crippen LogP contribution in [0.2, 0.25) is 0 Å². The molecule has 2 atom stereocenters. The van der Waals surface area contributed by atoms with Gasteiger partial charge in [0, 0.05) is 24.7 Å². The summed E-state index contributed by atoms with van der Waals surface area (Å²) in [6.07, 6.45) is 3.19. The second-order valence-corrected chi connectivity index (χ2v) is 7.58. The molecule has 0 saturated heterocycles. The van der Waals surface area contributed by atoms with Crippen molar-refractivity contribution >= 4 is 28.8 Å². The zero-order chi connectivity index (χ0) is 20.8. The maximum atomic E-state index is 13.2. The van der Waals surface area contributed by atoms with Gasteiger partial charge in [-0.25, -0.2) is 9.97 Å². The van der Waals surface area contributed by atoms with E-state index in [2.05, 4.69) is 25.6 Å². The molecule has 150 valence electrons. The Morgan fingerprint density at radius 1 is 1.24 bits per heavy atom. The third-order valence-electron chi connectivity index (χ3n) is 5.03. The molecular weight excluding hydrogens is 399 g/mol. The van der Waals surface area contributed by atoms with Gasteiger partial charge in [0.1, 0.15) is 0 Å². The van der Waals surface area contributed by atoms with Crippen LogP contribution in [0.1, 0.15) is 28.4 Å². The smallest absolute Gasteiger partial charge is 0.372 e. The zero-order valence-electron chi connectivity index (χ0n) is 15.7. The van der Waals surface area contributed by atoms with Gasteiger partial charge in [0.25, 0.3) is 0 Å². The van der Waals surface area contributed by atoms with E-state index in [4.69, 9.17) is 12.2 Å². The standard InChI is InChI=1S/C20H18F3N5S/c1-10-5-6-24-11(2)17(10)27-19-25-9-12-7-16(29)26-15-8-13(20(21,22)23)3-4-14(15)18(12)28-19/h3-6,8-9,14-15H,7H2,1-2H3,(H,26,29)(H,25,27,28). The fourth-order valence-electron chi connectivity index (χ4n) is 3.57. The lowest BCUT2D eigenvalue weighted by Crippen LogP contribution is -2.37. The van der Waals surface area contributed by atoms with Gasteiger partial charge >= 0.3 is 6.18 Å². The van der Waals surface area contributed by atoms with Crippen LogP contribution in [-0.2, 0) is 6.42 Å². The summed E-state index contributed by atoms with van der Waals surface area (Å²) in [4.78, 5) is 13.8. The van der Waals surface area contributed by atoms with Gasteiger partial charge in [0.2, 0.25) is 5.95 Å². The zero-order valence-corrected chi connectivity index (χ0v) is 16.5. The van der Waals surface area contributed by atoms with Crippen LogP contribution in [-0.4, -0.2) is 32.2 Å². The van der Waals surface area contributed by atoms with Gasteiger partial charge in [-0.3, -0.25) is 4.98 Å². The molecule has 29 heavy (non-hydrogen) atoms. The van der Waals surface area contributed by atoms with Crippen molar-refractivity contribution in [3.63, 3.8) is 0 Å². The minimum Gasteiger partial charge on any atom is -0.372 e. The Balaban J connectivity index is 1.72. The number of aromatic nitrogens is 3. The fraction of sp³-hybridized carbons (Fsp3) is 0.300.